The van der Waals surface area contributed by atoms with Crippen LogP contribution >= 0.6 is 11.3 Å². The zero-order chi connectivity index (χ0) is 13.9. The SMILES string of the molecule is NCCOCc1ccc2sc3ccccc3c(=O)c2c1. The van der Waals surface area contributed by atoms with E-state index in [9.17, 15) is 4.79 Å². The Morgan fingerprint density at radius 2 is 1.85 bits per heavy atom. The summed E-state index contributed by atoms with van der Waals surface area (Å²) in [5, 5.41) is 1.55. The lowest BCUT2D eigenvalue weighted by molar-refractivity contribution is 0.128. The molecule has 0 aliphatic heterocycles. The fourth-order valence-electron chi connectivity index (χ4n) is 2.21. The molecule has 0 spiro atoms. The Labute approximate surface area is 120 Å². The Bertz CT molecular complexity index is 810. The van der Waals surface area contributed by atoms with Gasteiger partial charge in [0, 0.05) is 26.7 Å². The van der Waals surface area contributed by atoms with E-state index in [1.807, 2.05) is 42.5 Å². The number of benzene rings is 2. The van der Waals surface area contributed by atoms with Crippen LogP contribution in [0.3, 0.4) is 0 Å². The summed E-state index contributed by atoms with van der Waals surface area (Å²) < 4.78 is 7.46. The van der Waals surface area contributed by atoms with Crippen LogP contribution < -0.4 is 11.2 Å². The highest BCUT2D eigenvalue weighted by atomic mass is 32.1. The minimum Gasteiger partial charge on any atom is -0.375 e. The molecule has 0 unspecified atom stereocenters. The lowest BCUT2D eigenvalue weighted by Gasteiger charge is -2.05. The summed E-state index contributed by atoms with van der Waals surface area (Å²) in [6.45, 7) is 1.53. The largest absolute Gasteiger partial charge is 0.375 e. The summed E-state index contributed by atoms with van der Waals surface area (Å²) in [5.74, 6) is 0. The molecule has 0 bridgehead atoms. The van der Waals surface area contributed by atoms with Crippen LogP contribution in [0.15, 0.2) is 47.3 Å². The van der Waals surface area contributed by atoms with E-state index in [0.29, 0.717) is 19.8 Å². The van der Waals surface area contributed by atoms with Crippen molar-refractivity contribution in [2.24, 2.45) is 5.73 Å². The summed E-state index contributed by atoms with van der Waals surface area (Å²) in [7, 11) is 0. The molecule has 0 saturated heterocycles. The van der Waals surface area contributed by atoms with E-state index in [0.717, 1.165) is 25.7 Å². The summed E-state index contributed by atoms with van der Waals surface area (Å²) in [4.78, 5) is 12.5. The van der Waals surface area contributed by atoms with E-state index in [1.165, 1.54) is 0 Å². The average Bonchev–Trinajstić information content (AvgIpc) is 2.48. The predicted octanol–water partition coefficient (Wildman–Crippen LogP) is 2.89. The van der Waals surface area contributed by atoms with Gasteiger partial charge in [-0.2, -0.15) is 0 Å². The van der Waals surface area contributed by atoms with Crippen molar-refractivity contribution >= 4 is 31.5 Å². The van der Waals surface area contributed by atoms with E-state index in [2.05, 4.69) is 0 Å². The fraction of sp³-hybridized carbons (Fsp3) is 0.188. The molecule has 0 amide bonds. The van der Waals surface area contributed by atoms with E-state index < -0.39 is 0 Å². The quantitative estimate of drug-likeness (QED) is 0.592. The summed E-state index contributed by atoms with van der Waals surface area (Å²) in [6.07, 6.45) is 0. The Morgan fingerprint density at radius 1 is 1.05 bits per heavy atom. The van der Waals surface area contributed by atoms with Gasteiger partial charge in [0.15, 0.2) is 5.43 Å². The molecule has 2 aromatic carbocycles. The first-order valence-electron chi connectivity index (χ1n) is 6.52. The third-order valence-electron chi connectivity index (χ3n) is 3.17. The van der Waals surface area contributed by atoms with Gasteiger partial charge in [-0.05, 0) is 29.8 Å². The van der Waals surface area contributed by atoms with E-state index in [-0.39, 0.29) is 5.43 Å². The second-order valence-corrected chi connectivity index (χ2v) is 5.68. The van der Waals surface area contributed by atoms with Crippen LogP contribution in [0.5, 0.6) is 0 Å². The Morgan fingerprint density at radius 3 is 2.70 bits per heavy atom. The molecule has 0 fully saturated rings. The smallest absolute Gasteiger partial charge is 0.195 e. The molecule has 3 rings (SSSR count). The van der Waals surface area contributed by atoms with Gasteiger partial charge in [0.1, 0.15) is 0 Å². The number of fused-ring (bicyclic) bond motifs is 2. The molecule has 4 heteroatoms. The van der Waals surface area contributed by atoms with Crippen molar-refractivity contribution in [3.8, 4) is 0 Å². The molecule has 20 heavy (non-hydrogen) atoms. The summed E-state index contributed by atoms with van der Waals surface area (Å²) in [5.41, 5.74) is 6.49. The Balaban J connectivity index is 2.11. The van der Waals surface area contributed by atoms with Gasteiger partial charge in [-0.3, -0.25) is 4.79 Å². The number of hydrogen-bond acceptors (Lipinski definition) is 4. The van der Waals surface area contributed by atoms with Crippen molar-refractivity contribution in [1.82, 2.24) is 0 Å². The van der Waals surface area contributed by atoms with Crippen molar-refractivity contribution < 1.29 is 4.74 Å². The minimum absolute atomic E-state index is 0.0926. The van der Waals surface area contributed by atoms with Crippen molar-refractivity contribution in [2.75, 3.05) is 13.2 Å². The highest BCUT2D eigenvalue weighted by Gasteiger charge is 2.06. The van der Waals surface area contributed by atoms with Crippen molar-refractivity contribution in [2.45, 2.75) is 6.61 Å². The van der Waals surface area contributed by atoms with Gasteiger partial charge in [0.2, 0.25) is 0 Å². The van der Waals surface area contributed by atoms with Crippen LogP contribution in [0.1, 0.15) is 5.56 Å². The molecule has 2 N–H and O–H groups in total. The number of nitrogens with two attached hydrogens (primary N) is 1. The maximum atomic E-state index is 12.5. The summed E-state index contributed by atoms with van der Waals surface area (Å²) in [6, 6.07) is 13.6. The second-order valence-electron chi connectivity index (χ2n) is 4.60. The standard InChI is InChI=1S/C16H15NO2S/c17-7-8-19-10-11-5-6-15-13(9-11)16(18)12-3-1-2-4-14(12)20-15/h1-6,9H,7-8,10,17H2. The van der Waals surface area contributed by atoms with Gasteiger partial charge >= 0.3 is 0 Å². The third kappa shape index (κ3) is 2.45. The number of rotatable bonds is 4. The summed E-state index contributed by atoms with van der Waals surface area (Å²) >= 11 is 1.64. The van der Waals surface area contributed by atoms with Crippen molar-refractivity contribution in [3.05, 3.63) is 58.3 Å². The fourth-order valence-corrected chi connectivity index (χ4v) is 3.27. The molecule has 0 aliphatic rings. The van der Waals surface area contributed by atoms with Gasteiger partial charge in [0.05, 0.1) is 13.2 Å². The molecule has 3 aromatic rings. The topological polar surface area (TPSA) is 52.3 Å². The first-order chi connectivity index (χ1) is 9.79. The molecule has 1 heterocycles. The van der Waals surface area contributed by atoms with Crippen LogP contribution in [0.2, 0.25) is 0 Å². The molecule has 1 aromatic heterocycles. The second kappa shape index (κ2) is 5.71. The van der Waals surface area contributed by atoms with Gasteiger partial charge in [-0.25, -0.2) is 0 Å². The average molecular weight is 285 g/mol. The van der Waals surface area contributed by atoms with Crippen LogP contribution in [0.4, 0.5) is 0 Å². The highest BCUT2D eigenvalue weighted by Crippen LogP contribution is 2.25. The molecule has 0 radical (unpaired) electrons. The zero-order valence-electron chi connectivity index (χ0n) is 11.0. The maximum absolute atomic E-state index is 12.5. The third-order valence-corrected chi connectivity index (χ3v) is 4.32. The van der Waals surface area contributed by atoms with E-state index >= 15 is 0 Å². The lowest BCUT2D eigenvalue weighted by Crippen LogP contribution is -2.08. The first-order valence-corrected chi connectivity index (χ1v) is 7.33. The van der Waals surface area contributed by atoms with Crippen LogP contribution in [-0.2, 0) is 11.3 Å². The Kier molecular flexibility index (Phi) is 3.78. The van der Waals surface area contributed by atoms with E-state index in [4.69, 9.17) is 10.5 Å². The molecule has 0 saturated carbocycles. The predicted molar refractivity (Wildman–Crippen MR) is 84.3 cm³/mol. The molecule has 0 aliphatic carbocycles. The molecule has 102 valence electrons. The number of ether oxygens (including phenoxy) is 1. The highest BCUT2D eigenvalue weighted by molar-refractivity contribution is 7.24. The van der Waals surface area contributed by atoms with Gasteiger partial charge in [-0.15, -0.1) is 11.3 Å². The van der Waals surface area contributed by atoms with Gasteiger partial charge in [-0.1, -0.05) is 18.2 Å². The Hall–Kier alpha value is -1.75. The minimum atomic E-state index is 0.0926. The molecular formula is C16H15NO2S. The van der Waals surface area contributed by atoms with Gasteiger partial charge in [0.25, 0.3) is 0 Å². The van der Waals surface area contributed by atoms with Crippen LogP contribution in [0.25, 0.3) is 20.2 Å². The van der Waals surface area contributed by atoms with E-state index in [1.54, 1.807) is 11.3 Å². The van der Waals surface area contributed by atoms with Gasteiger partial charge < -0.3 is 10.5 Å². The lowest BCUT2D eigenvalue weighted by atomic mass is 10.1. The maximum Gasteiger partial charge on any atom is 0.195 e. The normalized spacial score (nSPS) is 11.2. The number of hydrogen-bond donors (Lipinski definition) is 1. The first kappa shape index (κ1) is 13.2. The van der Waals surface area contributed by atoms with Crippen molar-refractivity contribution in [3.63, 3.8) is 0 Å². The zero-order valence-corrected chi connectivity index (χ0v) is 11.8. The monoisotopic (exact) mass is 285 g/mol. The van der Waals surface area contributed by atoms with Crippen LogP contribution in [0, 0.1) is 0 Å². The van der Waals surface area contributed by atoms with Crippen molar-refractivity contribution in [1.29, 1.82) is 0 Å². The molecule has 0 atom stereocenters. The molecular weight excluding hydrogens is 270 g/mol. The van der Waals surface area contributed by atoms with Crippen LogP contribution in [-0.4, -0.2) is 13.2 Å². The molecule has 3 nitrogen and oxygen atoms in total.